The largest absolute Gasteiger partial charge is 0.326 e. The van der Waals surface area contributed by atoms with Crippen LogP contribution >= 0.6 is 11.3 Å². The molecule has 0 fully saturated rings. The Balaban J connectivity index is 1.60. The minimum atomic E-state index is -2.13. The standard InChI is InChI=1S/C22H10F4N2O2S/c1-28-12-8-10(31-22(12)27-21(28)9-5-3-2-4-6-9)7-11-19(29)13-14(20(11)30)16(24)18(26)17(25)15(13)23/h2-8H,1H3. The van der Waals surface area contributed by atoms with Gasteiger partial charge in [0.2, 0.25) is 11.6 Å². The van der Waals surface area contributed by atoms with Crippen LogP contribution in [0.1, 0.15) is 25.6 Å². The number of benzene rings is 2. The molecule has 4 aromatic rings. The molecular formula is C22H10F4N2O2S. The van der Waals surface area contributed by atoms with Gasteiger partial charge in [-0.05, 0) is 12.1 Å². The van der Waals surface area contributed by atoms with E-state index in [0.717, 1.165) is 34.3 Å². The van der Waals surface area contributed by atoms with Gasteiger partial charge in [-0.15, -0.1) is 11.3 Å². The number of ketones is 2. The van der Waals surface area contributed by atoms with Crippen LogP contribution in [-0.2, 0) is 7.05 Å². The van der Waals surface area contributed by atoms with E-state index in [9.17, 15) is 27.2 Å². The van der Waals surface area contributed by atoms with E-state index in [0.29, 0.717) is 9.71 Å². The Morgan fingerprint density at radius 3 is 2.03 bits per heavy atom. The van der Waals surface area contributed by atoms with Crippen molar-refractivity contribution in [2.24, 2.45) is 7.05 Å². The summed E-state index contributed by atoms with van der Waals surface area (Å²) in [6.07, 6.45) is 1.16. The molecule has 154 valence electrons. The van der Waals surface area contributed by atoms with Crippen molar-refractivity contribution in [2.75, 3.05) is 0 Å². The van der Waals surface area contributed by atoms with Gasteiger partial charge in [-0.25, -0.2) is 22.5 Å². The predicted octanol–water partition coefficient (Wildman–Crippen LogP) is 5.32. The summed E-state index contributed by atoms with van der Waals surface area (Å²) >= 11 is 1.16. The van der Waals surface area contributed by atoms with Crippen molar-refractivity contribution >= 4 is 39.3 Å². The van der Waals surface area contributed by atoms with E-state index in [1.54, 1.807) is 13.1 Å². The summed E-state index contributed by atoms with van der Waals surface area (Å²) in [5, 5.41) is 0. The molecule has 0 aliphatic heterocycles. The van der Waals surface area contributed by atoms with Crippen molar-refractivity contribution < 1.29 is 27.2 Å². The highest BCUT2D eigenvalue weighted by molar-refractivity contribution is 7.19. The number of carbonyl (C=O) groups excluding carboxylic acids is 2. The molecule has 2 aromatic carbocycles. The summed E-state index contributed by atoms with van der Waals surface area (Å²) in [6.45, 7) is 0. The lowest BCUT2D eigenvalue weighted by atomic mass is 10.1. The number of carbonyl (C=O) groups is 2. The molecule has 0 saturated heterocycles. The van der Waals surface area contributed by atoms with Crippen molar-refractivity contribution in [2.45, 2.75) is 0 Å². The number of imidazole rings is 1. The van der Waals surface area contributed by atoms with Crippen LogP contribution < -0.4 is 0 Å². The molecular weight excluding hydrogens is 432 g/mol. The van der Waals surface area contributed by atoms with Crippen LogP contribution in [0, 0.1) is 23.3 Å². The number of nitrogens with zero attached hydrogens (tertiary/aromatic N) is 2. The summed E-state index contributed by atoms with van der Waals surface area (Å²) < 4.78 is 57.0. The Kier molecular flexibility index (Phi) is 4.19. The van der Waals surface area contributed by atoms with E-state index in [1.165, 1.54) is 0 Å². The van der Waals surface area contributed by atoms with Gasteiger partial charge in [0.15, 0.2) is 23.3 Å². The first-order valence-corrected chi connectivity index (χ1v) is 9.80. The fraction of sp³-hybridized carbons (Fsp3) is 0.0455. The molecule has 1 aliphatic carbocycles. The molecule has 1 aliphatic rings. The molecule has 0 radical (unpaired) electrons. The van der Waals surface area contributed by atoms with E-state index in [-0.39, 0.29) is 0 Å². The van der Waals surface area contributed by atoms with Crippen molar-refractivity contribution in [3.05, 3.63) is 81.2 Å². The smallest absolute Gasteiger partial charge is 0.200 e. The monoisotopic (exact) mass is 442 g/mol. The number of hydrogen-bond acceptors (Lipinski definition) is 4. The summed E-state index contributed by atoms with van der Waals surface area (Å²) in [4.78, 5) is 30.6. The molecule has 4 nitrogen and oxygen atoms in total. The zero-order valence-electron chi connectivity index (χ0n) is 15.7. The van der Waals surface area contributed by atoms with Gasteiger partial charge < -0.3 is 4.57 Å². The molecule has 0 amide bonds. The van der Waals surface area contributed by atoms with Gasteiger partial charge in [0.05, 0.1) is 22.2 Å². The third kappa shape index (κ3) is 2.70. The van der Waals surface area contributed by atoms with Crippen LogP contribution in [0.3, 0.4) is 0 Å². The molecule has 0 spiro atoms. The summed E-state index contributed by atoms with van der Waals surface area (Å²) in [5.74, 6) is -9.66. The minimum absolute atomic E-state index is 0.430. The van der Waals surface area contributed by atoms with Gasteiger partial charge in [0, 0.05) is 17.5 Å². The van der Waals surface area contributed by atoms with Gasteiger partial charge in [-0.3, -0.25) is 9.59 Å². The number of aryl methyl sites for hydroxylation is 1. The summed E-state index contributed by atoms with van der Waals surface area (Å²) in [7, 11) is 1.80. The number of rotatable bonds is 2. The summed E-state index contributed by atoms with van der Waals surface area (Å²) in [6, 6.07) is 11.1. The average molecular weight is 442 g/mol. The Bertz CT molecular complexity index is 1420. The third-order valence-electron chi connectivity index (χ3n) is 5.13. The maximum absolute atomic E-state index is 14.1. The second-order valence-electron chi connectivity index (χ2n) is 6.92. The van der Waals surface area contributed by atoms with Crippen LogP contribution in [0.25, 0.3) is 27.8 Å². The molecule has 0 bridgehead atoms. The molecule has 0 saturated carbocycles. The SMILES string of the molecule is Cn1c(-c2ccccc2)nc2sc(C=C3C(=O)c4c(F)c(F)c(F)c(F)c4C3=O)cc21. The van der Waals surface area contributed by atoms with Crippen molar-refractivity contribution in [1.29, 1.82) is 0 Å². The first-order chi connectivity index (χ1) is 14.8. The van der Waals surface area contributed by atoms with Gasteiger partial charge >= 0.3 is 0 Å². The van der Waals surface area contributed by atoms with E-state index in [2.05, 4.69) is 4.98 Å². The molecule has 0 unspecified atom stereocenters. The Morgan fingerprint density at radius 2 is 1.48 bits per heavy atom. The van der Waals surface area contributed by atoms with Gasteiger partial charge in [-0.1, -0.05) is 30.3 Å². The summed E-state index contributed by atoms with van der Waals surface area (Å²) in [5.41, 5.74) is -1.11. The van der Waals surface area contributed by atoms with E-state index < -0.39 is 51.5 Å². The lowest BCUT2D eigenvalue weighted by molar-refractivity contribution is 0.0988. The molecule has 0 atom stereocenters. The topological polar surface area (TPSA) is 52.0 Å². The van der Waals surface area contributed by atoms with Gasteiger partial charge in [0.1, 0.15) is 10.7 Å². The zero-order valence-corrected chi connectivity index (χ0v) is 16.5. The number of halogens is 4. The highest BCUT2D eigenvalue weighted by Gasteiger charge is 2.42. The average Bonchev–Trinajstić information content (AvgIpc) is 3.38. The Hall–Kier alpha value is -3.59. The van der Waals surface area contributed by atoms with Crippen LogP contribution in [-0.4, -0.2) is 21.1 Å². The number of Topliss-reactive ketones (excluding diaryl/α,β-unsaturated/α-hetero) is 2. The second-order valence-corrected chi connectivity index (χ2v) is 7.98. The molecule has 9 heteroatoms. The molecule has 0 N–H and O–H groups in total. The quantitative estimate of drug-likeness (QED) is 0.139. The maximum Gasteiger partial charge on any atom is 0.200 e. The first-order valence-electron chi connectivity index (χ1n) is 8.98. The van der Waals surface area contributed by atoms with Crippen LogP contribution in [0.4, 0.5) is 17.6 Å². The Morgan fingerprint density at radius 1 is 0.903 bits per heavy atom. The lowest BCUT2D eigenvalue weighted by Gasteiger charge is -2.02. The van der Waals surface area contributed by atoms with Gasteiger partial charge in [-0.2, -0.15) is 0 Å². The van der Waals surface area contributed by atoms with E-state index in [1.807, 2.05) is 34.9 Å². The van der Waals surface area contributed by atoms with Crippen LogP contribution in [0.2, 0.25) is 0 Å². The second kappa shape index (κ2) is 6.71. The molecule has 2 heterocycles. The molecule has 31 heavy (non-hydrogen) atoms. The zero-order chi connectivity index (χ0) is 22.0. The van der Waals surface area contributed by atoms with Crippen molar-refractivity contribution in [3.8, 4) is 11.4 Å². The van der Waals surface area contributed by atoms with E-state index in [4.69, 9.17) is 0 Å². The van der Waals surface area contributed by atoms with Crippen molar-refractivity contribution in [3.63, 3.8) is 0 Å². The molecule has 2 aromatic heterocycles. The van der Waals surface area contributed by atoms with Gasteiger partial charge in [0.25, 0.3) is 0 Å². The van der Waals surface area contributed by atoms with Crippen LogP contribution in [0.15, 0.2) is 42.0 Å². The third-order valence-corrected chi connectivity index (χ3v) is 6.09. The van der Waals surface area contributed by atoms with E-state index >= 15 is 0 Å². The number of fused-ring (bicyclic) bond motifs is 2. The lowest BCUT2D eigenvalue weighted by Crippen LogP contribution is -2.07. The van der Waals surface area contributed by atoms with Crippen LogP contribution in [0.5, 0.6) is 0 Å². The van der Waals surface area contributed by atoms with Crippen molar-refractivity contribution in [1.82, 2.24) is 9.55 Å². The number of allylic oxidation sites excluding steroid dienone is 1. The maximum atomic E-state index is 14.1. The predicted molar refractivity (Wildman–Crippen MR) is 107 cm³/mol. The Labute approximate surface area is 176 Å². The fourth-order valence-electron chi connectivity index (χ4n) is 3.62. The number of hydrogen-bond donors (Lipinski definition) is 0. The molecule has 5 rings (SSSR count). The highest BCUT2D eigenvalue weighted by atomic mass is 32.1. The first kappa shape index (κ1) is 19.4. The minimum Gasteiger partial charge on any atom is -0.326 e. The highest BCUT2D eigenvalue weighted by Crippen LogP contribution is 2.36. The number of thiophene rings is 1. The normalized spacial score (nSPS) is 13.4. The fourth-order valence-corrected chi connectivity index (χ4v) is 4.62. The number of aromatic nitrogens is 2.